The van der Waals surface area contributed by atoms with Crippen LogP contribution in [0.2, 0.25) is 0 Å². The lowest BCUT2D eigenvalue weighted by molar-refractivity contribution is -0.132. The van der Waals surface area contributed by atoms with Crippen LogP contribution in [0, 0.1) is 5.82 Å². The van der Waals surface area contributed by atoms with E-state index in [2.05, 4.69) is 10.2 Å². The fourth-order valence-corrected chi connectivity index (χ4v) is 6.28. The summed E-state index contributed by atoms with van der Waals surface area (Å²) in [5.41, 5.74) is 1.34. The second-order valence-electron chi connectivity index (χ2n) is 8.86. The molecule has 5 rings (SSSR count). The second-order valence-corrected chi connectivity index (χ2v) is 11.0. The molecule has 0 spiro atoms. The van der Waals surface area contributed by atoms with Crippen molar-refractivity contribution in [2.75, 3.05) is 18.1 Å². The van der Waals surface area contributed by atoms with Gasteiger partial charge in [-0.05, 0) is 67.4 Å². The number of thioether (sulfide) groups is 1. The third kappa shape index (κ3) is 5.96. The Morgan fingerprint density at radius 1 is 0.976 bits per heavy atom. The van der Waals surface area contributed by atoms with Gasteiger partial charge in [-0.3, -0.25) is 14.5 Å². The number of hydrogen-bond donors (Lipinski definition) is 1. The Balaban J connectivity index is 1.55. The van der Waals surface area contributed by atoms with Crippen LogP contribution in [0.1, 0.15) is 36.6 Å². The van der Waals surface area contributed by atoms with Crippen molar-refractivity contribution in [2.24, 2.45) is 0 Å². The number of halogens is 1. The van der Waals surface area contributed by atoms with Crippen molar-refractivity contribution in [2.45, 2.75) is 30.0 Å². The summed E-state index contributed by atoms with van der Waals surface area (Å²) in [6, 6.07) is 19.1. The number of rotatable bonds is 10. The molecular formula is C30H26FN3O5S2. The molecule has 0 bridgehead atoms. The number of ketones is 1. The van der Waals surface area contributed by atoms with E-state index in [-0.39, 0.29) is 22.3 Å². The molecule has 0 aliphatic carbocycles. The molecule has 1 fully saturated rings. The molecule has 4 aromatic rings. The first kappa shape index (κ1) is 28.3. The second kappa shape index (κ2) is 12.5. The van der Waals surface area contributed by atoms with Crippen LogP contribution in [0.3, 0.4) is 0 Å². The Morgan fingerprint density at radius 3 is 2.44 bits per heavy atom. The number of ether oxygens (including phenoxy) is 2. The fraction of sp³-hybridized carbons (Fsp3) is 0.200. The summed E-state index contributed by atoms with van der Waals surface area (Å²) >= 11 is 2.38. The van der Waals surface area contributed by atoms with Crippen molar-refractivity contribution in [3.8, 4) is 11.5 Å². The number of amides is 1. The number of aliphatic hydroxyl groups excluding tert-OH is 1. The molecule has 1 aliphatic rings. The molecule has 1 amide bonds. The minimum Gasteiger partial charge on any atom is -0.507 e. The van der Waals surface area contributed by atoms with E-state index in [1.807, 2.05) is 13.8 Å². The van der Waals surface area contributed by atoms with E-state index >= 15 is 0 Å². The fourth-order valence-electron chi connectivity index (χ4n) is 4.43. The Hall–Kier alpha value is -4.22. The van der Waals surface area contributed by atoms with Gasteiger partial charge in [-0.1, -0.05) is 53.4 Å². The Bertz CT molecular complexity index is 1610. The van der Waals surface area contributed by atoms with E-state index in [1.165, 1.54) is 22.7 Å². The molecule has 210 valence electrons. The molecule has 0 radical (unpaired) electrons. The highest BCUT2D eigenvalue weighted by Gasteiger charge is 2.48. The summed E-state index contributed by atoms with van der Waals surface area (Å²) in [4.78, 5) is 28.2. The highest BCUT2D eigenvalue weighted by molar-refractivity contribution is 8.00. The van der Waals surface area contributed by atoms with Crippen molar-refractivity contribution in [1.29, 1.82) is 0 Å². The van der Waals surface area contributed by atoms with Gasteiger partial charge in [-0.25, -0.2) is 4.39 Å². The highest BCUT2D eigenvalue weighted by Crippen LogP contribution is 2.44. The predicted molar refractivity (Wildman–Crippen MR) is 156 cm³/mol. The zero-order valence-electron chi connectivity index (χ0n) is 22.2. The Morgan fingerprint density at radius 2 is 1.71 bits per heavy atom. The molecule has 1 saturated heterocycles. The van der Waals surface area contributed by atoms with Crippen LogP contribution >= 0.6 is 23.1 Å². The van der Waals surface area contributed by atoms with Crippen molar-refractivity contribution < 1.29 is 28.6 Å². The van der Waals surface area contributed by atoms with Gasteiger partial charge in [-0.2, -0.15) is 0 Å². The maximum Gasteiger partial charge on any atom is 0.301 e. The average Bonchev–Trinajstić information content (AvgIpc) is 3.55. The first-order chi connectivity index (χ1) is 19.9. The van der Waals surface area contributed by atoms with E-state index in [4.69, 9.17) is 9.47 Å². The first-order valence-electron chi connectivity index (χ1n) is 12.9. The smallest absolute Gasteiger partial charge is 0.301 e. The first-order valence-corrected chi connectivity index (χ1v) is 14.7. The molecule has 1 aliphatic heterocycles. The lowest BCUT2D eigenvalue weighted by atomic mass is 9.95. The van der Waals surface area contributed by atoms with Gasteiger partial charge in [0.25, 0.3) is 5.78 Å². The number of benzene rings is 3. The largest absolute Gasteiger partial charge is 0.507 e. The molecule has 8 nitrogen and oxygen atoms in total. The molecule has 1 aromatic heterocycles. The standard InChI is InChI=1S/C30H26FN3O5S2/c1-3-38-21-14-12-18(13-15-21)26(35)24-25(19-9-7-10-22(16-19)39-4-2)34(28(37)27(24)36)29-32-33-30(41-29)40-17-20-8-5-6-11-23(20)31/h5-16,25,35H,3-4,17H2,1-2H3. The topological polar surface area (TPSA) is 102 Å². The Kier molecular flexibility index (Phi) is 8.65. The number of nitrogens with zero attached hydrogens (tertiary/aromatic N) is 3. The number of hydrogen-bond acceptors (Lipinski definition) is 9. The minimum atomic E-state index is -0.987. The summed E-state index contributed by atoms with van der Waals surface area (Å²) in [5.74, 6) is -0.851. The predicted octanol–water partition coefficient (Wildman–Crippen LogP) is 6.39. The van der Waals surface area contributed by atoms with E-state index < -0.39 is 17.7 Å². The Labute approximate surface area is 244 Å². The molecule has 1 atom stereocenters. The summed E-state index contributed by atoms with van der Waals surface area (Å²) in [5, 5.41) is 19.9. The normalized spacial score (nSPS) is 16.3. The maximum atomic E-state index is 14.1. The lowest BCUT2D eigenvalue weighted by Gasteiger charge is -2.23. The number of anilines is 1. The van der Waals surface area contributed by atoms with Gasteiger partial charge >= 0.3 is 5.91 Å². The summed E-state index contributed by atoms with van der Waals surface area (Å²) in [6.45, 7) is 4.62. The van der Waals surface area contributed by atoms with E-state index in [0.29, 0.717) is 51.5 Å². The highest BCUT2D eigenvalue weighted by atomic mass is 32.2. The van der Waals surface area contributed by atoms with Crippen LogP contribution < -0.4 is 14.4 Å². The van der Waals surface area contributed by atoms with Gasteiger partial charge in [-0.15, -0.1) is 10.2 Å². The van der Waals surface area contributed by atoms with Gasteiger partial charge in [0.2, 0.25) is 5.13 Å². The maximum absolute atomic E-state index is 14.1. The average molecular weight is 592 g/mol. The zero-order valence-corrected chi connectivity index (χ0v) is 23.9. The molecular weight excluding hydrogens is 565 g/mol. The van der Waals surface area contributed by atoms with Crippen LogP contribution in [0.5, 0.6) is 11.5 Å². The number of aliphatic hydroxyl groups is 1. The van der Waals surface area contributed by atoms with Gasteiger partial charge in [0.15, 0.2) is 4.34 Å². The van der Waals surface area contributed by atoms with Crippen LogP contribution in [0.25, 0.3) is 5.76 Å². The van der Waals surface area contributed by atoms with Crippen LogP contribution in [-0.4, -0.2) is 40.2 Å². The van der Waals surface area contributed by atoms with Crippen LogP contribution in [0.4, 0.5) is 9.52 Å². The quantitative estimate of drug-likeness (QED) is 0.0744. The molecule has 1 unspecified atom stereocenters. The SMILES string of the molecule is CCOc1ccc(C(O)=C2C(=O)C(=O)N(c3nnc(SCc4ccccc4F)s3)C2c2cccc(OCC)c2)cc1. The summed E-state index contributed by atoms with van der Waals surface area (Å²) in [7, 11) is 0. The van der Waals surface area contributed by atoms with Gasteiger partial charge < -0.3 is 14.6 Å². The molecule has 1 N–H and O–H groups in total. The van der Waals surface area contributed by atoms with Crippen molar-refractivity contribution >= 4 is 45.7 Å². The van der Waals surface area contributed by atoms with Crippen LogP contribution in [-0.2, 0) is 15.3 Å². The number of carbonyl (C=O) groups is 2. The third-order valence-corrected chi connectivity index (χ3v) is 8.38. The van der Waals surface area contributed by atoms with E-state index in [1.54, 1.807) is 66.7 Å². The third-order valence-electron chi connectivity index (χ3n) is 6.28. The van der Waals surface area contributed by atoms with Crippen LogP contribution in [0.15, 0.2) is 82.7 Å². The molecule has 3 aromatic carbocycles. The number of aromatic nitrogens is 2. The molecule has 41 heavy (non-hydrogen) atoms. The minimum absolute atomic E-state index is 0.0800. The summed E-state index contributed by atoms with van der Waals surface area (Å²) in [6.07, 6.45) is 0. The molecule has 0 saturated carbocycles. The summed E-state index contributed by atoms with van der Waals surface area (Å²) < 4.78 is 25.7. The van der Waals surface area contributed by atoms with E-state index in [9.17, 15) is 19.1 Å². The lowest BCUT2D eigenvalue weighted by Crippen LogP contribution is -2.29. The monoisotopic (exact) mass is 591 g/mol. The van der Waals surface area contributed by atoms with Crippen molar-refractivity contribution in [3.63, 3.8) is 0 Å². The molecule has 2 heterocycles. The van der Waals surface area contributed by atoms with Gasteiger partial charge in [0.1, 0.15) is 23.1 Å². The van der Waals surface area contributed by atoms with Gasteiger partial charge in [0.05, 0.1) is 24.8 Å². The van der Waals surface area contributed by atoms with E-state index in [0.717, 1.165) is 11.3 Å². The zero-order chi connectivity index (χ0) is 28.9. The number of carbonyl (C=O) groups excluding carboxylic acids is 2. The molecule has 11 heteroatoms. The van der Waals surface area contributed by atoms with Crippen molar-refractivity contribution in [1.82, 2.24) is 10.2 Å². The number of Topliss-reactive ketones (excluding diaryl/α,β-unsaturated/α-hetero) is 1. The van der Waals surface area contributed by atoms with Gasteiger partial charge in [0, 0.05) is 11.3 Å². The van der Waals surface area contributed by atoms with Crippen molar-refractivity contribution in [3.05, 3.63) is 101 Å².